The first-order valence-electron chi connectivity index (χ1n) is 6.10. The Morgan fingerprint density at radius 2 is 2.28 bits per heavy atom. The fourth-order valence-electron chi connectivity index (χ4n) is 2.01. The molecule has 0 spiro atoms. The number of nitrogens with one attached hydrogen (secondary N) is 1. The summed E-state index contributed by atoms with van der Waals surface area (Å²) in [6, 6.07) is 3.05. The first-order chi connectivity index (χ1) is 8.59. The molecule has 1 fully saturated rings. The van der Waals surface area contributed by atoms with E-state index in [4.69, 9.17) is 9.84 Å². The summed E-state index contributed by atoms with van der Waals surface area (Å²) in [5, 5.41) is 12.1. The second-order valence-electron chi connectivity index (χ2n) is 5.01. The van der Waals surface area contributed by atoms with Crippen LogP contribution >= 0.6 is 0 Å². The highest BCUT2D eigenvalue weighted by molar-refractivity contribution is 5.88. The van der Waals surface area contributed by atoms with Crippen LogP contribution in [0.5, 0.6) is 0 Å². The van der Waals surface area contributed by atoms with Gasteiger partial charge in [0, 0.05) is 26.0 Å². The quantitative estimate of drug-likeness (QED) is 0.855. The second kappa shape index (κ2) is 5.35. The fourth-order valence-corrected chi connectivity index (χ4v) is 2.01. The number of hydrogen-bond donors (Lipinski definition) is 2. The van der Waals surface area contributed by atoms with Crippen LogP contribution in [0.25, 0.3) is 0 Å². The van der Waals surface area contributed by atoms with Crippen molar-refractivity contribution >= 4 is 11.8 Å². The molecule has 0 unspecified atom stereocenters. The predicted octanol–water partition coefficient (Wildman–Crippen LogP) is 2.01. The molecule has 1 aromatic heterocycles. The zero-order valence-electron chi connectivity index (χ0n) is 10.5. The van der Waals surface area contributed by atoms with Crippen molar-refractivity contribution in [2.75, 3.05) is 25.1 Å². The molecule has 0 saturated carbocycles. The molecule has 0 bridgehead atoms. The Kier molecular flexibility index (Phi) is 3.81. The molecule has 0 amide bonds. The lowest BCUT2D eigenvalue weighted by molar-refractivity contribution is 0.0300. The number of carboxylic acids is 1. The summed E-state index contributed by atoms with van der Waals surface area (Å²) < 4.78 is 5.35. The third-order valence-corrected chi connectivity index (χ3v) is 3.40. The van der Waals surface area contributed by atoms with Crippen molar-refractivity contribution in [2.24, 2.45) is 5.41 Å². The average Bonchev–Trinajstić information content (AvgIpc) is 2.38. The van der Waals surface area contributed by atoms with E-state index in [1.807, 2.05) is 0 Å². The van der Waals surface area contributed by atoms with Crippen molar-refractivity contribution in [1.82, 2.24) is 4.98 Å². The lowest BCUT2D eigenvalue weighted by atomic mass is 9.82. The van der Waals surface area contributed by atoms with Crippen molar-refractivity contribution in [3.05, 3.63) is 23.9 Å². The summed E-state index contributed by atoms with van der Waals surface area (Å²) in [6.45, 7) is 4.58. The lowest BCUT2D eigenvalue weighted by Crippen LogP contribution is -2.33. The standard InChI is InChI=1S/C13H18N2O3/c1-13(3-6-18-7-4-13)9-15-11-8-10(12(16)17)2-5-14-11/h2,5,8H,3-4,6-7,9H2,1H3,(H,14,15)(H,16,17). The van der Waals surface area contributed by atoms with Crippen molar-refractivity contribution in [1.29, 1.82) is 0 Å². The van der Waals surface area contributed by atoms with Gasteiger partial charge in [-0.2, -0.15) is 0 Å². The van der Waals surface area contributed by atoms with Crippen molar-refractivity contribution in [3.63, 3.8) is 0 Å². The monoisotopic (exact) mass is 250 g/mol. The molecule has 5 nitrogen and oxygen atoms in total. The molecular weight excluding hydrogens is 232 g/mol. The third-order valence-electron chi connectivity index (χ3n) is 3.40. The Balaban J connectivity index is 1.97. The van der Waals surface area contributed by atoms with Crippen LogP contribution in [0.1, 0.15) is 30.1 Å². The maximum atomic E-state index is 10.9. The van der Waals surface area contributed by atoms with Crippen LogP contribution in [0.15, 0.2) is 18.3 Å². The van der Waals surface area contributed by atoms with Gasteiger partial charge in [0.25, 0.3) is 0 Å². The van der Waals surface area contributed by atoms with E-state index in [0.29, 0.717) is 5.82 Å². The SMILES string of the molecule is CC1(CNc2cc(C(=O)O)ccn2)CCOCC1. The van der Waals surface area contributed by atoms with Gasteiger partial charge in [0.15, 0.2) is 0 Å². The number of ether oxygens (including phenoxy) is 1. The first-order valence-corrected chi connectivity index (χ1v) is 6.10. The first kappa shape index (κ1) is 12.8. The number of anilines is 1. The number of carbonyl (C=O) groups is 1. The number of nitrogens with zero attached hydrogens (tertiary/aromatic N) is 1. The minimum atomic E-state index is -0.933. The van der Waals surface area contributed by atoms with Crippen LogP contribution in [-0.2, 0) is 4.74 Å². The van der Waals surface area contributed by atoms with Crippen LogP contribution in [0.2, 0.25) is 0 Å². The molecule has 0 radical (unpaired) electrons. The largest absolute Gasteiger partial charge is 0.478 e. The summed E-state index contributed by atoms with van der Waals surface area (Å²) in [4.78, 5) is 15.0. The Labute approximate surface area is 106 Å². The number of aromatic carboxylic acids is 1. The van der Waals surface area contributed by atoms with Gasteiger partial charge < -0.3 is 15.2 Å². The van der Waals surface area contributed by atoms with Crippen LogP contribution in [-0.4, -0.2) is 35.8 Å². The normalized spacial score (nSPS) is 18.3. The van der Waals surface area contributed by atoms with Gasteiger partial charge in [0.05, 0.1) is 5.56 Å². The number of carboxylic acid groups (broad SMARTS) is 1. The topological polar surface area (TPSA) is 71.5 Å². The summed E-state index contributed by atoms with van der Waals surface area (Å²) in [5.74, 6) is -0.319. The minimum absolute atomic E-state index is 0.194. The Morgan fingerprint density at radius 3 is 2.94 bits per heavy atom. The van der Waals surface area contributed by atoms with E-state index in [1.165, 1.54) is 12.3 Å². The van der Waals surface area contributed by atoms with E-state index in [0.717, 1.165) is 32.6 Å². The lowest BCUT2D eigenvalue weighted by Gasteiger charge is -2.33. The molecule has 5 heteroatoms. The molecule has 18 heavy (non-hydrogen) atoms. The number of pyridine rings is 1. The van der Waals surface area contributed by atoms with Crippen LogP contribution < -0.4 is 5.32 Å². The molecule has 2 heterocycles. The zero-order valence-corrected chi connectivity index (χ0v) is 10.5. The number of aromatic nitrogens is 1. The fraction of sp³-hybridized carbons (Fsp3) is 0.538. The number of hydrogen-bond acceptors (Lipinski definition) is 4. The maximum Gasteiger partial charge on any atom is 0.335 e. The Hall–Kier alpha value is -1.62. The maximum absolute atomic E-state index is 10.9. The van der Waals surface area contributed by atoms with E-state index in [9.17, 15) is 4.79 Å². The van der Waals surface area contributed by atoms with Gasteiger partial charge in [-0.05, 0) is 30.4 Å². The molecule has 1 aromatic rings. The smallest absolute Gasteiger partial charge is 0.335 e. The average molecular weight is 250 g/mol. The minimum Gasteiger partial charge on any atom is -0.478 e. The molecule has 0 aliphatic carbocycles. The van der Waals surface area contributed by atoms with Gasteiger partial charge >= 0.3 is 5.97 Å². The zero-order chi connectivity index (χ0) is 13.0. The van der Waals surface area contributed by atoms with Gasteiger partial charge in [-0.15, -0.1) is 0 Å². The van der Waals surface area contributed by atoms with Gasteiger partial charge in [-0.1, -0.05) is 6.92 Å². The van der Waals surface area contributed by atoms with E-state index >= 15 is 0 Å². The van der Waals surface area contributed by atoms with Gasteiger partial charge in [-0.3, -0.25) is 0 Å². The second-order valence-corrected chi connectivity index (χ2v) is 5.01. The highest BCUT2D eigenvalue weighted by Gasteiger charge is 2.27. The summed E-state index contributed by atoms with van der Waals surface area (Å²) >= 11 is 0. The molecule has 1 aliphatic rings. The van der Waals surface area contributed by atoms with E-state index < -0.39 is 5.97 Å². The Morgan fingerprint density at radius 1 is 1.56 bits per heavy atom. The third kappa shape index (κ3) is 3.20. The van der Waals surface area contributed by atoms with Gasteiger partial charge in [0.2, 0.25) is 0 Å². The Bertz CT molecular complexity index is 428. The van der Waals surface area contributed by atoms with E-state index in [2.05, 4.69) is 17.2 Å². The van der Waals surface area contributed by atoms with Crippen LogP contribution in [0.4, 0.5) is 5.82 Å². The van der Waals surface area contributed by atoms with Gasteiger partial charge in [0.1, 0.15) is 5.82 Å². The number of rotatable bonds is 4. The molecule has 0 aromatic carbocycles. The molecule has 2 N–H and O–H groups in total. The van der Waals surface area contributed by atoms with Gasteiger partial charge in [-0.25, -0.2) is 9.78 Å². The highest BCUT2D eigenvalue weighted by atomic mass is 16.5. The molecule has 1 saturated heterocycles. The summed E-state index contributed by atoms with van der Waals surface area (Å²) in [7, 11) is 0. The molecule has 2 rings (SSSR count). The molecule has 1 aliphatic heterocycles. The van der Waals surface area contributed by atoms with Crippen molar-refractivity contribution in [3.8, 4) is 0 Å². The predicted molar refractivity (Wildman–Crippen MR) is 67.8 cm³/mol. The van der Waals surface area contributed by atoms with Crippen LogP contribution in [0.3, 0.4) is 0 Å². The summed E-state index contributed by atoms with van der Waals surface area (Å²) in [6.07, 6.45) is 3.54. The van der Waals surface area contributed by atoms with Crippen molar-refractivity contribution < 1.29 is 14.6 Å². The molecular formula is C13H18N2O3. The van der Waals surface area contributed by atoms with E-state index in [1.54, 1.807) is 6.07 Å². The van der Waals surface area contributed by atoms with Crippen molar-refractivity contribution in [2.45, 2.75) is 19.8 Å². The molecule has 0 atom stereocenters. The summed E-state index contributed by atoms with van der Waals surface area (Å²) in [5.41, 5.74) is 0.448. The molecule has 98 valence electrons. The van der Waals surface area contributed by atoms with Crippen LogP contribution in [0, 0.1) is 5.41 Å². The highest BCUT2D eigenvalue weighted by Crippen LogP contribution is 2.29. The van der Waals surface area contributed by atoms with E-state index in [-0.39, 0.29) is 11.0 Å².